The summed E-state index contributed by atoms with van der Waals surface area (Å²) in [6.45, 7) is 0. The van der Waals surface area contributed by atoms with E-state index in [4.69, 9.17) is 0 Å². The number of esters is 1. The number of fused-ring (bicyclic) bond motifs is 1. The van der Waals surface area contributed by atoms with Gasteiger partial charge in [-0.15, -0.1) is 0 Å². The fourth-order valence-electron chi connectivity index (χ4n) is 1.42. The van der Waals surface area contributed by atoms with Crippen LogP contribution in [0.25, 0.3) is 10.8 Å². The summed E-state index contributed by atoms with van der Waals surface area (Å²) in [6, 6.07) is 7.55. The molecule has 0 saturated heterocycles. The van der Waals surface area contributed by atoms with Crippen LogP contribution in [-0.2, 0) is 4.74 Å². The molecule has 0 atom stereocenters. The fourth-order valence-corrected chi connectivity index (χ4v) is 1.87. The quantitative estimate of drug-likeness (QED) is 0.745. The molecule has 0 bridgehead atoms. The molecular weight excluding hydrogens is 258 g/mol. The minimum atomic E-state index is -0.418. The van der Waals surface area contributed by atoms with E-state index < -0.39 is 5.97 Å². The van der Waals surface area contributed by atoms with E-state index in [0.29, 0.717) is 5.69 Å². The monoisotopic (exact) mass is 265 g/mol. The highest BCUT2D eigenvalue weighted by atomic mass is 79.9. The largest absolute Gasteiger partial charge is 0.464 e. The van der Waals surface area contributed by atoms with E-state index in [2.05, 4.69) is 25.7 Å². The molecule has 4 heteroatoms. The lowest BCUT2D eigenvalue weighted by Gasteiger charge is -2.04. The third kappa shape index (κ3) is 1.72. The van der Waals surface area contributed by atoms with Crippen LogP contribution in [0.1, 0.15) is 10.5 Å². The van der Waals surface area contributed by atoms with Crippen molar-refractivity contribution in [2.24, 2.45) is 0 Å². The summed E-state index contributed by atoms with van der Waals surface area (Å²) in [5, 5.41) is 1.74. The van der Waals surface area contributed by atoms with Gasteiger partial charge in [-0.2, -0.15) is 0 Å². The first-order valence-corrected chi connectivity index (χ1v) is 5.15. The molecule has 0 aliphatic carbocycles. The van der Waals surface area contributed by atoms with Gasteiger partial charge in [0, 0.05) is 16.1 Å². The van der Waals surface area contributed by atoms with Crippen molar-refractivity contribution in [3.05, 3.63) is 40.6 Å². The first-order chi connectivity index (χ1) is 7.24. The van der Waals surface area contributed by atoms with Gasteiger partial charge in [-0.25, -0.2) is 9.78 Å². The van der Waals surface area contributed by atoms with Crippen LogP contribution in [0.4, 0.5) is 0 Å². The van der Waals surface area contributed by atoms with Crippen molar-refractivity contribution < 1.29 is 9.53 Å². The lowest BCUT2D eigenvalue weighted by atomic mass is 10.1. The highest BCUT2D eigenvalue weighted by molar-refractivity contribution is 9.10. The predicted octanol–water partition coefficient (Wildman–Crippen LogP) is 2.78. The van der Waals surface area contributed by atoms with E-state index in [1.807, 2.05) is 24.3 Å². The minimum absolute atomic E-state index is 0.344. The number of benzene rings is 1. The molecule has 1 aromatic carbocycles. The minimum Gasteiger partial charge on any atom is -0.464 e. The number of carbonyl (C=O) groups is 1. The maximum Gasteiger partial charge on any atom is 0.357 e. The number of pyridine rings is 1. The van der Waals surface area contributed by atoms with Gasteiger partial charge < -0.3 is 4.74 Å². The smallest absolute Gasteiger partial charge is 0.357 e. The Hall–Kier alpha value is -1.42. The Morgan fingerprint density at radius 2 is 2.00 bits per heavy atom. The topological polar surface area (TPSA) is 39.2 Å². The molecule has 0 aliphatic heterocycles. The maximum absolute atomic E-state index is 11.4. The second-order valence-electron chi connectivity index (χ2n) is 2.99. The SMILES string of the molecule is COC(=O)c1ncc(Br)c2ccccc12. The number of methoxy groups -OCH3 is 1. The zero-order valence-electron chi connectivity index (χ0n) is 8.03. The summed E-state index contributed by atoms with van der Waals surface area (Å²) in [7, 11) is 1.35. The maximum atomic E-state index is 11.4. The van der Waals surface area contributed by atoms with Crippen LogP contribution >= 0.6 is 15.9 Å². The normalized spacial score (nSPS) is 10.3. The lowest BCUT2D eigenvalue weighted by molar-refractivity contribution is 0.0596. The third-order valence-electron chi connectivity index (χ3n) is 2.13. The average molecular weight is 266 g/mol. The molecule has 2 rings (SSSR count). The van der Waals surface area contributed by atoms with E-state index >= 15 is 0 Å². The summed E-state index contributed by atoms with van der Waals surface area (Å²) in [5.41, 5.74) is 0.344. The number of hydrogen-bond acceptors (Lipinski definition) is 3. The Morgan fingerprint density at radius 1 is 1.33 bits per heavy atom. The number of nitrogens with zero attached hydrogens (tertiary/aromatic N) is 1. The molecule has 0 radical (unpaired) electrons. The number of aromatic nitrogens is 1. The summed E-state index contributed by atoms with van der Waals surface area (Å²) in [6.07, 6.45) is 1.61. The van der Waals surface area contributed by atoms with E-state index in [1.54, 1.807) is 6.20 Å². The second-order valence-corrected chi connectivity index (χ2v) is 3.85. The van der Waals surface area contributed by atoms with E-state index in [1.165, 1.54) is 7.11 Å². The highest BCUT2D eigenvalue weighted by Gasteiger charge is 2.12. The lowest BCUT2D eigenvalue weighted by Crippen LogP contribution is -2.04. The summed E-state index contributed by atoms with van der Waals surface area (Å²) in [5.74, 6) is -0.418. The van der Waals surface area contributed by atoms with Crippen LogP contribution in [0, 0.1) is 0 Å². The molecular formula is C11H8BrNO2. The first kappa shape index (κ1) is 10.1. The van der Waals surface area contributed by atoms with Gasteiger partial charge in [0.25, 0.3) is 0 Å². The zero-order chi connectivity index (χ0) is 10.8. The first-order valence-electron chi connectivity index (χ1n) is 4.35. The Labute approximate surface area is 95.2 Å². The van der Waals surface area contributed by atoms with Gasteiger partial charge in [-0.1, -0.05) is 24.3 Å². The number of carbonyl (C=O) groups excluding carboxylic acids is 1. The molecule has 0 aliphatic rings. The molecule has 76 valence electrons. The number of rotatable bonds is 1. The van der Waals surface area contributed by atoms with Crippen LogP contribution < -0.4 is 0 Å². The fraction of sp³-hybridized carbons (Fsp3) is 0.0909. The molecule has 0 N–H and O–H groups in total. The van der Waals surface area contributed by atoms with Gasteiger partial charge in [0.1, 0.15) is 0 Å². The summed E-state index contributed by atoms with van der Waals surface area (Å²) < 4.78 is 5.53. The van der Waals surface area contributed by atoms with Crippen molar-refractivity contribution in [3.8, 4) is 0 Å². The molecule has 0 spiro atoms. The predicted molar refractivity (Wildman–Crippen MR) is 60.8 cm³/mol. The number of ether oxygens (including phenoxy) is 1. The van der Waals surface area contributed by atoms with Crippen molar-refractivity contribution in [1.82, 2.24) is 4.98 Å². The second kappa shape index (κ2) is 3.98. The van der Waals surface area contributed by atoms with Crippen LogP contribution in [0.5, 0.6) is 0 Å². The molecule has 15 heavy (non-hydrogen) atoms. The van der Waals surface area contributed by atoms with Crippen LogP contribution in [0.15, 0.2) is 34.9 Å². The van der Waals surface area contributed by atoms with Gasteiger partial charge in [0.2, 0.25) is 0 Å². The molecule has 1 heterocycles. The number of halogens is 1. The van der Waals surface area contributed by atoms with E-state index in [-0.39, 0.29) is 0 Å². The van der Waals surface area contributed by atoms with Crippen LogP contribution in [-0.4, -0.2) is 18.1 Å². The van der Waals surface area contributed by atoms with Gasteiger partial charge in [-0.3, -0.25) is 0 Å². The van der Waals surface area contributed by atoms with Crippen molar-refractivity contribution >= 4 is 32.7 Å². The van der Waals surface area contributed by atoms with Crippen molar-refractivity contribution in [3.63, 3.8) is 0 Å². The van der Waals surface area contributed by atoms with E-state index in [0.717, 1.165) is 15.2 Å². The van der Waals surface area contributed by atoms with E-state index in [9.17, 15) is 4.79 Å². The van der Waals surface area contributed by atoms with Gasteiger partial charge >= 0.3 is 5.97 Å². The van der Waals surface area contributed by atoms with Crippen molar-refractivity contribution in [2.75, 3.05) is 7.11 Å². The molecule has 0 saturated carbocycles. The van der Waals surface area contributed by atoms with Crippen molar-refractivity contribution in [1.29, 1.82) is 0 Å². The molecule has 0 amide bonds. The Kier molecular flexibility index (Phi) is 2.68. The molecule has 3 nitrogen and oxygen atoms in total. The molecule has 2 aromatic rings. The molecule has 0 fully saturated rings. The van der Waals surface area contributed by atoms with Gasteiger partial charge in [0.05, 0.1) is 7.11 Å². The summed E-state index contributed by atoms with van der Waals surface area (Å²) >= 11 is 3.39. The Bertz CT molecular complexity index is 525. The zero-order valence-corrected chi connectivity index (χ0v) is 9.61. The Morgan fingerprint density at radius 3 is 2.67 bits per heavy atom. The third-order valence-corrected chi connectivity index (χ3v) is 2.76. The van der Waals surface area contributed by atoms with Crippen molar-refractivity contribution in [2.45, 2.75) is 0 Å². The average Bonchev–Trinajstić information content (AvgIpc) is 2.29. The van der Waals surface area contributed by atoms with Crippen LogP contribution in [0.3, 0.4) is 0 Å². The Balaban J connectivity index is 2.77. The summed E-state index contributed by atoms with van der Waals surface area (Å²) in [4.78, 5) is 15.5. The molecule has 1 aromatic heterocycles. The van der Waals surface area contributed by atoms with Crippen LogP contribution in [0.2, 0.25) is 0 Å². The van der Waals surface area contributed by atoms with Gasteiger partial charge in [-0.05, 0) is 21.3 Å². The van der Waals surface area contributed by atoms with Gasteiger partial charge in [0.15, 0.2) is 5.69 Å². The number of hydrogen-bond donors (Lipinski definition) is 0. The highest BCUT2D eigenvalue weighted by Crippen LogP contribution is 2.25. The standard InChI is InChI=1S/C11H8BrNO2/c1-15-11(14)10-8-5-3-2-4-7(8)9(12)6-13-10/h2-6H,1H3. The molecule has 0 unspecified atom stereocenters.